The number of aliphatic hydroxyl groups excluding tert-OH is 2. The van der Waals surface area contributed by atoms with E-state index >= 15 is 0 Å². The van der Waals surface area contributed by atoms with Crippen LogP contribution in [0.1, 0.15) is 10.5 Å². The number of aromatic hydroxyl groups is 1. The number of azo groups is 3. The van der Waals surface area contributed by atoms with E-state index in [-0.39, 0.29) is 81.0 Å². The molecule has 0 aliphatic rings. The van der Waals surface area contributed by atoms with E-state index in [4.69, 9.17) is 14.2 Å². The molecular weight excluding hydrogens is 1050 g/mol. The van der Waals surface area contributed by atoms with Crippen molar-refractivity contribution in [2.24, 2.45) is 30.7 Å². The molecule has 31 heteroatoms. The van der Waals surface area contributed by atoms with Gasteiger partial charge in [-0.2, -0.15) is 30.4 Å². The Morgan fingerprint density at radius 2 is 1.27 bits per heavy atom. The number of aliphatic hydroxyl groups is 2. The number of hydrogen-bond acceptors (Lipinski definition) is 21. The normalized spacial score (nSPS) is 12.5. The van der Waals surface area contributed by atoms with E-state index < -0.39 is 92.6 Å². The van der Waals surface area contributed by atoms with Gasteiger partial charge in [0.25, 0.3) is 35.9 Å². The standard InChI is InChI=1S/C44H36N10O18S3/c1-70-25-8-12-29(35(18-25)74(64,65)66)48-49-31-20-34(72-17-15-56)32(21-33(31)71-16-14-55)50-51-38-36(75(67,68)69)19-28-27(41(38)57)11-13-30-37(28)46-42(45-30)22-2-4-23(5-3-22)47-52-39-40(44(59)60)53-54(43(39)58)24-6-9-26(10-7-24)73(61,62)63/h2-13,18-21,53,55-57H,14-17H2,1H3,(H,45,46)(H,59,60)(H,61,62,63)(H,64,65,66)(H,67,68,69). The number of carbonyl (C=O) groups is 1. The largest absolute Gasteiger partial charge is 0.505 e. The molecule has 0 spiro atoms. The number of carboxylic acid groups (broad SMARTS) is 1. The molecule has 0 bridgehead atoms. The number of H-pyrrole nitrogens is 2. The minimum absolute atomic E-state index is 0.000365. The van der Waals surface area contributed by atoms with Gasteiger partial charge in [0.1, 0.15) is 68.8 Å². The minimum atomic E-state index is -5.20. The Labute approximate surface area is 420 Å². The fraction of sp³-hybridized carbons (Fsp3) is 0.114. The molecule has 0 atom stereocenters. The number of aromatic carboxylic acids is 1. The molecule has 8 aromatic rings. The van der Waals surface area contributed by atoms with E-state index in [0.29, 0.717) is 11.1 Å². The summed E-state index contributed by atoms with van der Waals surface area (Å²) in [5.74, 6) is -2.39. The summed E-state index contributed by atoms with van der Waals surface area (Å²) in [4.78, 5) is 30.9. The number of ether oxygens (including phenoxy) is 3. The minimum Gasteiger partial charge on any atom is -0.505 e. The van der Waals surface area contributed by atoms with Crippen LogP contribution in [0.4, 0.5) is 34.1 Å². The van der Waals surface area contributed by atoms with E-state index in [1.54, 1.807) is 0 Å². The first-order valence-electron chi connectivity index (χ1n) is 21.1. The van der Waals surface area contributed by atoms with Crippen molar-refractivity contribution in [2.75, 3.05) is 33.5 Å². The number of imidazole rings is 1. The van der Waals surface area contributed by atoms with Gasteiger partial charge >= 0.3 is 5.97 Å². The molecule has 8 rings (SSSR count). The van der Waals surface area contributed by atoms with Gasteiger partial charge in [-0.05, 0) is 78.9 Å². The third-order valence-corrected chi connectivity index (χ3v) is 13.2. The number of nitrogens with zero attached hydrogens (tertiary/aromatic N) is 8. The summed E-state index contributed by atoms with van der Waals surface area (Å²) in [6.07, 6.45) is 0. The second kappa shape index (κ2) is 21.0. The molecule has 2 aromatic heterocycles. The monoisotopic (exact) mass is 1090 g/mol. The fourth-order valence-corrected chi connectivity index (χ4v) is 8.86. The van der Waals surface area contributed by atoms with Crippen molar-refractivity contribution in [3.8, 4) is 40.1 Å². The van der Waals surface area contributed by atoms with Crippen molar-refractivity contribution in [3.05, 3.63) is 113 Å². The summed E-state index contributed by atoms with van der Waals surface area (Å²) in [7, 11) is -13.3. The van der Waals surface area contributed by atoms with Crippen LogP contribution in [-0.2, 0) is 30.4 Å². The maximum atomic E-state index is 13.2. The zero-order valence-electron chi connectivity index (χ0n) is 38.0. The van der Waals surface area contributed by atoms with E-state index in [2.05, 4.69) is 45.8 Å². The second-order valence-electron chi connectivity index (χ2n) is 15.3. The Morgan fingerprint density at radius 1 is 0.667 bits per heavy atom. The van der Waals surface area contributed by atoms with Crippen molar-refractivity contribution < 1.29 is 78.3 Å². The number of aromatic nitrogens is 4. The van der Waals surface area contributed by atoms with Crippen molar-refractivity contribution in [1.82, 2.24) is 19.7 Å². The first-order valence-corrected chi connectivity index (χ1v) is 25.4. The number of phenols is 1. The third-order valence-electron chi connectivity index (χ3n) is 10.5. The Hall–Kier alpha value is -8.82. The van der Waals surface area contributed by atoms with Crippen LogP contribution in [-0.4, -0.2) is 119 Å². The number of carboxylic acids is 1. The Morgan fingerprint density at radius 3 is 1.84 bits per heavy atom. The lowest BCUT2D eigenvalue weighted by molar-refractivity contribution is 0.0690. The van der Waals surface area contributed by atoms with Crippen molar-refractivity contribution in [1.29, 1.82) is 0 Å². The van der Waals surface area contributed by atoms with Gasteiger partial charge in [0.15, 0.2) is 17.1 Å². The SMILES string of the molecule is COc1ccc(N=Nc2cc(OCCO)c(N=Nc3c(S(=O)(=O)O)cc4c(ccc5[nH]c(-c6ccc(N=Nc7c(C(=O)O)[nH]n(-c8ccc(S(=O)(=O)O)cc8)c7=O)cc6)nc54)c3O)cc2OCCO)c(S(=O)(=O)O)c1. The molecule has 388 valence electrons. The number of methoxy groups -OCH3 is 1. The highest BCUT2D eigenvalue weighted by molar-refractivity contribution is 7.86. The molecule has 6 aromatic carbocycles. The molecule has 0 saturated heterocycles. The third kappa shape index (κ3) is 11.2. The Balaban J connectivity index is 1.12. The van der Waals surface area contributed by atoms with Gasteiger partial charge in [-0.3, -0.25) is 23.6 Å². The number of nitrogens with one attached hydrogen (secondary N) is 2. The predicted molar refractivity (Wildman–Crippen MR) is 261 cm³/mol. The van der Waals surface area contributed by atoms with Gasteiger partial charge in [0.2, 0.25) is 0 Å². The van der Waals surface area contributed by atoms with Crippen LogP contribution in [0.3, 0.4) is 0 Å². The summed E-state index contributed by atoms with van der Waals surface area (Å²) in [5.41, 5.74) is -2.56. The molecular formula is C44H36N10O18S3. The van der Waals surface area contributed by atoms with Crippen LogP contribution < -0.4 is 19.8 Å². The molecule has 9 N–H and O–H groups in total. The van der Waals surface area contributed by atoms with E-state index in [1.807, 2.05) is 0 Å². The zero-order chi connectivity index (χ0) is 54.0. The van der Waals surface area contributed by atoms with Gasteiger partial charge < -0.3 is 39.6 Å². The lowest BCUT2D eigenvalue weighted by atomic mass is 10.1. The molecule has 0 unspecified atom stereocenters. The molecule has 2 heterocycles. The summed E-state index contributed by atoms with van der Waals surface area (Å²) < 4.78 is 120. The first kappa shape index (κ1) is 52.5. The van der Waals surface area contributed by atoms with Crippen molar-refractivity contribution in [2.45, 2.75) is 14.7 Å². The molecule has 0 aliphatic heterocycles. The molecule has 28 nitrogen and oxygen atoms in total. The fourth-order valence-electron chi connectivity index (χ4n) is 7.10. The predicted octanol–water partition coefficient (Wildman–Crippen LogP) is 7.00. The number of aromatic amines is 2. The average Bonchev–Trinajstić information content (AvgIpc) is 3.97. The van der Waals surface area contributed by atoms with Crippen LogP contribution >= 0.6 is 0 Å². The summed E-state index contributed by atoms with van der Waals surface area (Å²) in [6.45, 7) is -1.68. The molecule has 0 amide bonds. The maximum Gasteiger partial charge on any atom is 0.356 e. The summed E-state index contributed by atoms with van der Waals surface area (Å²) in [5, 5.41) is 66.8. The van der Waals surface area contributed by atoms with E-state index in [9.17, 15) is 68.9 Å². The van der Waals surface area contributed by atoms with Gasteiger partial charge in [-0.1, -0.05) is 0 Å². The summed E-state index contributed by atoms with van der Waals surface area (Å²) >= 11 is 0. The highest BCUT2D eigenvalue weighted by atomic mass is 32.2. The second-order valence-corrected chi connectivity index (χ2v) is 19.5. The highest BCUT2D eigenvalue weighted by Gasteiger charge is 2.26. The lowest BCUT2D eigenvalue weighted by Gasteiger charge is -2.13. The van der Waals surface area contributed by atoms with Crippen LogP contribution in [0.2, 0.25) is 0 Å². The number of phenolic OH excluding ortho intramolecular Hbond substituents is 1. The molecule has 75 heavy (non-hydrogen) atoms. The highest BCUT2D eigenvalue weighted by Crippen LogP contribution is 2.46. The van der Waals surface area contributed by atoms with Crippen molar-refractivity contribution >= 4 is 92.3 Å². The van der Waals surface area contributed by atoms with Crippen LogP contribution in [0.25, 0.3) is 38.9 Å². The molecule has 0 saturated carbocycles. The smallest absolute Gasteiger partial charge is 0.356 e. The number of fused-ring (bicyclic) bond motifs is 3. The molecule has 0 fully saturated rings. The number of hydrogen-bond donors (Lipinski definition) is 9. The number of rotatable bonds is 19. The number of benzene rings is 6. The zero-order valence-corrected chi connectivity index (χ0v) is 40.4. The lowest BCUT2D eigenvalue weighted by Crippen LogP contribution is -2.14. The Bertz CT molecular complexity index is 4060. The molecule has 0 aliphatic carbocycles. The molecule has 0 radical (unpaired) electrons. The van der Waals surface area contributed by atoms with Crippen LogP contribution in [0, 0.1) is 0 Å². The van der Waals surface area contributed by atoms with E-state index in [1.165, 1.54) is 61.7 Å². The van der Waals surface area contributed by atoms with Gasteiger partial charge in [-0.15, -0.1) is 25.6 Å². The van der Waals surface area contributed by atoms with Gasteiger partial charge in [-0.25, -0.2) is 14.5 Å². The maximum absolute atomic E-state index is 13.2. The van der Waals surface area contributed by atoms with Crippen LogP contribution in [0.15, 0.2) is 147 Å². The van der Waals surface area contributed by atoms with Crippen molar-refractivity contribution in [3.63, 3.8) is 0 Å². The van der Waals surface area contributed by atoms with Gasteiger partial charge in [0.05, 0.1) is 47.6 Å². The first-order chi connectivity index (χ1) is 35.6. The topological polar surface area (TPSA) is 429 Å². The van der Waals surface area contributed by atoms with Crippen LogP contribution in [0.5, 0.6) is 23.0 Å². The summed E-state index contributed by atoms with van der Waals surface area (Å²) in [6, 6.07) is 20.1. The quantitative estimate of drug-likeness (QED) is 0.0290. The Kier molecular flexibility index (Phi) is 14.7. The average molecular weight is 1090 g/mol. The van der Waals surface area contributed by atoms with E-state index in [0.717, 1.165) is 47.1 Å². The van der Waals surface area contributed by atoms with Gasteiger partial charge in [0, 0.05) is 34.5 Å².